The zero-order valence-corrected chi connectivity index (χ0v) is 15.4. The van der Waals surface area contributed by atoms with Gasteiger partial charge in [0.2, 0.25) is 5.75 Å². The second-order valence-corrected chi connectivity index (χ2v) is 5.60. The Hall–Kier alpha value is -3.04. The summed E-state index contributed by atoms with van der Waals surface area (Å²) in [6.07, 6.45) is 0. The van der Waals surface area contributed by atoms with E-state index in [1.807, 2.05) is 0 Å². The maximum atomic E-state index is 11.1. The third-order valence-electron chi connectivity index (χ3n) is 3.02. The molecule has 0 amide bonds. The smallest absolute Gasteiger partial charge is 0.341 e. The average Bonchev–Trinajstić information content (AvgIpc) is 2.64. The van der Waals surface area contributed by atoms with Gasteiger partial charge in [-0.25, -0.2) is 9.59 Å². The van der Waals surface area contributed by atoms with E-state index in [1.54, 1.807) is 0 Å². The summed E-state index contributed by atoms with van der Waals surface area (Å²) in [6.45, 7) is 0. The Kier molecular flexibility index (Phi) is 7.82. The molecule has 0 saturated carbocycles. The van der Waals surface area contributed by atoms with Crippen molar-refractivity contribution in [2.45, 2.75) is 0 Å². The first-order valence-corrected chi connectivity index (χ1v) is 7.70. The summed E-state index contributed by atoms with van der Waals surface area (Å²) in [5.41, 5.74) is -0.899. The van der Waals surface area contributed by atoms with E-state index in [0.717, 1.165) is 19.2 Å². The molecule has 9 nitrogen and oxygen atoms in total. The maximum absolute atomic E-state index is 11.1. The highest BCUT2D eigenvalue weighted by molar-refractivity contribution is 6.31. The fourth-order valence-electron chi connectivity index (χ4n) is 1.77. The minimum absolute atomic E-state index is 0.0279. The molecule has 0 aliphatic rings. The summed E-state index contributed by atoms with van der Waals surface area (Å²) in [5, 5.41) is 29.4. The molecule has 2 aromatic carbocycles. The molecule has 0 atom stereocenters. The van der Waals surface area contributed by atoms with Crippen LogP contribution in [-0.2, 0) is 9.47 Å². The molecule has 144 valence electrons. The molecule has 0 unspecified atom stereocenters. The number of hydrogen-bond acceptors (Lipinski definition) is 8. The Balaban J connectivity index is 0.000000277. The lowest BCUT2D eigenvalue weighted by Gasteiger charge is -2.03. The topological polar surface area (TPSA) is 136 Å². The molecule has 2 aromatic rings. The number of hydrogen-bond donors (Lipinski definition) is 2. The molecule has 0 bridgehead atoms. The summed E-state index contributed by atoms with van der Waals surface area (Å²) >= 11 is 11.1. The minimum atomic E-state index is -0.891. The molecule has 11 heteroatoms. The van der Waals surface area contributed by atoms with E-state index in [4.69, 9.17) is 23.2 Å². The van der Waals surface area contributed by atoms with E-state index in [1.165, 1.54) is 25.3 Å². The van der Waals surface area contributed by atoms with Crippen molar-refractivity contribution < 1.29 is 34.2 Å². The molecule has 0 fully saturated rings. The predicted molar refractivity (Wildman–Crippen MR) is 95.6 cm³/mol. The van der Waals surface area contributed by atoms with Crippen LogP contribution in [0.1, 0.15) is 20.7 Å². The highest BCUT2D eigenvalue weighted by atomic mass is 35.5. The van der Waals surface area contributed by atoms with Crippen molar-refractivity contribution in [3.63, 3.8) is 0 Å². The molecule has 0 radical (unpaired) electrons. The largest absolute Gasteiger partial charge is 0.507 e. The normalized spacial score (nSPS) is 9.63. The van der Waals surface area contributed by atoms with Crippen LogP contribution in [0.5, 0.6) is 11.5 Å². The number of rotatable bonds is 3. The molecular formula is C16H13Cl2NO8. The molecule has 0 spiro atoms. The Morgan fingerprint density at radius 2 is 1.48 bits per heavy atom. The van der Waals surface area contributed by atoms with Crippen LogP contribution in [0.2, 0.25) is 10.0 Å². The van der Waals surface area contributed by atoms with E-state index < -0.39 is 28.3 Å². The molecule has 0 heterocycles. The van der Waals surface area contributed by atoms with Gasteiger partial charge in [0.05, 0.1) is 19.1 Å². The fourth-order valence-corrected chi connectivity index (χ4v) is 2.16. The van der Waals surface area contributed by atoms with Gasteiger partial charge in [0.15, 0.2) is 0 Å². The number of carbonyl (C=O) groups is 2. The van der Waals surface area contributed by atoms with E-state index in [0.29, 0.717) is 5.02 Å². The fraction of sp³-hybridized carbons (Fsp3) is 0.125. The second kappa shape index (κ2) is 9.60. The number of esters is 2. The maximum Gasteiger partial charge on any atom is 0.341 e. The molecule has 0 aliphatic heterocycles. The lowest BCUT2D eigenvalue weighted by atomic mass is 10.2. The molecule has 0 saturated heterocycles. The Morgan fingerprint density at radius 3 is 2.00 bits per heavy atom. The third-order valence-corrected chi connectivity index (χ3v) is 3.47. The highest BCUT2D eigenvalue weighted by Gasteiger charge is 2.23. The van der Waals surface area contributed by atoms with Crippen molar-refractivity contribution in [1.29, 1.82) is 0 Å². The zero-order valence-electron chi connectivity index (χ0n) is 13.9. The van der Waals surface area contributed by atoms with Gasteiger partial charge in [0, 0.05) is 16.1 Å². The number of nitro groups is 1. The number of phenols is 2. The number of ether oxygens (including phenoxy) is 2. The first kappa shape index (κ1) is 22.0. The third kappa shape index (κ3) is 5.73. The Bertz CT molecular complexity index is 885. The molecule has 27 heavy (non-hydrogen) atoms. The number of nitrogens with zero attached hydrogens (tertiary/aromatic N) is 1. The molecular weight excluding hydrogens is 405 g/mol. The highest BCUT2D eigenvalue weighted by Crippen LogP contribution is 2.33. The second-order valence-electron chi connectivity index (χ2n) is 4.72. The van der Waals surface area contributed by atoms with E-state index in [-0.39, 0.29) is 21.9 Å². The monoisotopic (exact) mass is 417 g/mol. The van der Waals surface area contributed by atoms with Gasteiger partial charge in [-0.05, 0) is 24.3 Å². The number of benzene rings is 2. The summed E-state index contributed by atoms with van der Waals surface area (Å²) in [6, 6.07) is 6.22. The van der Waals surface area contributed by atoms with Crippen LogP contribution >= 0.6 is 23.2 Å². The lowest BCUT2D eigenvalue weighted by molar-refractivity contribution is -0.385. The van der Waals surface area contributed by atoms with Gasteiger partial charge in [-0.3, -0.25) is 10.1 Å². The number of aromatic hydroxyl groups is 2. The Morgan fingerprint density at radius 1 is 0.963 bits per heavy atom. The van der Waals surface area contributed by atoms with Crippen LogP contribution < -0.4 is 0 Å². The standard InChI is InChI=1S/C8H6ClNO5.C8H7ClO3/c1-15-8(12)5-2-4(9)3-6(7(5)11)10(13)14;1-12-8(11)6-4-5(9)2-3-7(6)10/h2-3,11H,1H3;2-4,10H,1H3. The van der Waals surface area contributed by atoms with Crippen LogP contribution in [0, 0.1) is 10.1 Å². The number of halogens is 2. The summed E-state index contributed by atoms with van der Waals surface area (Å²) in [5.74, 6) is -2.38. The van der Waals surface area contributed by atoms with Crippen molar-refractivity contribution >= 4 is 40.8 Å². The number of phenolic OH excluding ortho intramolecular Hbond substituents is 2. The summed E-state index contributed by atoms with van der Waals surface area (Å²) in [7, 11) is 2.33. The first-order valence-electron chi connectivity index (χ1n) is 6.94. The molecule has 0 aliphatic carbocycles. The number of nitro benzene ring substituents is 1. The van der Waals surface area contributed by atoms with Crippen LogP contribution in [-0.4, -0.2) is 41.3 Å². The van der Waals surface area contributed by atoms with Crippen molar-refractivity contribution in [2.75, 3.05) is 14.2 Å². The molecule has 2 N–H and O–H groups in total. The van der Waals surface area contributed by atoms with Gasteiger partial charge in [-0.1, -0.05) is 23.2 Å². The van der Waals surface area contributed by atoms with Crippen molar-refractivity contribution in [3.05, 3.63) is 61.6 Å². The van der Waals surface area contributed by atoms with E-state index in [9.17, 15) is 29.9 Å². The summed E-state index contributed by atoms with van der Waals surface area (Å²) in [4.78, 5) is 31.7. The molecule has 0 aromatic heterocycles. The average molecular weight is 418 g/mol. The first-order chi connectivity index (χ1) is 12.6. The quantitative estimate of drug-likeness (QED) is 0.439. The van der Waals surface area contributed by atoms with Gasteiger partial charge in [0.25, 0.3) is 0 Å². The van der Waals surface area contributed by atoms with Crippen LogP contribution in [0.3, 0.4) is 0 Å². The van der Waals surface area contributed by atoms with E-state index >= 15 is 0 Å². The van der Waals surface area contributed by atoms with Gasteiger partial charge >= 0.3 is 17.6 Å². The van der Waals surface area contributed by atoms with Gasteiger partial charge in [0.1, 0.15) is 16.9 Å². The van der Waals surface area contributed by atoms with Gasteiger partial charge < -0.3 is 19.7 Å². The Labute approximate surface area is 162 Å². The number of methoxy groups -OCH3 is 2. The SMILES string of the molecule is COC(=O)c1cc(Cl)cc([N+](=O)[O-])c1O.COC(=O)c1cc(Cl)ccc1O. The van der Waals surface area contributed by atoms with Crippen LogP contribution in [0.4, 0.5) is 5.69 Å². The zero-order chi connectivity index (χ0) is 20.7. The molecule has 2 rings (SSSR count). The van der Waals surface area contributed by atoms with E-state index in [2.05, 4.69) is 9.47 Å². The van der Waals surface area contributed by atoms with Crippen LogP contribution in [0.15, 0.2) is 30.3 Å². The van der Waals surface area contributed by atoms with Crippen molar-refractivity contribution in [3.8, 4) is 11.5 Å². The predicted octanol–water partition coefficient (Wildman–Crippen LogP) is 3.57. The minimum Gasteiger partial charge on any atom is -0.507 e. The van der Waals surface area contributed by atoms with Gasteiger partial charge in [-0.2, -0.15) is 0 Å². The van der Waals surface area contributed by atoms with Crippen LogP contribution in [0.25, 0.3) is 0 Å². The summed E-state index contributed by atoms with van der Waals surface area (Å²) < 4.78 is 8.74. The van der Waals surface area contributed by atoms with Crippen molar-refractivity contribution in [2.24, 2.45) is 0 Å². The van der Waals surface area contributed by atoms with Gasteiger partial charge in [-0.15, -0.1) is 0 Å². The van der Waals surface area contributed by atoms with Crippen molar-refractivity contribution in [1.82, 2.24) is 0 Å². The number of carbonyl (C=O) groups excluding carboxylic acids is 2. The lowest BCUT2D eigenvalue weighted by Crippen LogP contribution is -2.03.